The first-order valence-corrected chi connectivity index (χ1v) is 13.9. The van der Waals surface area contributed by atoms with Crippen LogP contribution in [-0.4, -0.2) is 39.4 Å². The molecule has 0 saturated heterocycles. The lowest BCUT2D eigenvalue weighted by atomic mass is 9.94. The Hall–Kier alpha value is -3.52. The summed E-state index contributed by atoms with van der Waals surface area (Å²) in [5.41, 5.74) is 4.05. The number of alkyl halides is 1. The van der Waals surface area contributed by atoms with Crippen LogP contribution in [-0.2, 0) is 38.9 Å². The molecule has 0 radical (unpaired) electrons. The third-order valence-electron chi connectivity index (χ3n) is 6.56. The maximum Gasteiger partial charge on any atom is 0.265 e. The first-order valence-electron chi connectivity index (χ1n) is 12.4. The molecule has 1 aliphatic rings. The van der Waals surface area contributed by atoms with Gasteiger partial charge in [0.25, 0.3) is 10.0 Å². The number of nitrogens with zero attached hydrogens (tertiary/aromatic N) is 1. The van der Waals surface area contributed by atoms with Crippen molar-refractivity contribution in [3.05, 3.63) is 95.1 Å². The van der Waals surface area contributed by atoms with Gasteiger partial charge in [0.1, 0.15) is 6.04 Å². The number of hydrogen-bond acceptors (Lipinski definition) is 4. The predicted octanol–water partition coefficient (Wildman–Crippen LogP) is 4.34. The van der Waals surface area contributed by atoms with Gasteiger partial charge in [0, 0.05) is 13.0 Å². The summed E-state index contributed by atoms with van der Waals surface area (Å²) in [6, 6.07) is 20.1. The summed E-state index contributed by atoms with van der Waals surface area (Å²) < 4.78 is 40.9. The fraction of sp³-hybridized carbons (Fsp3) is 0.310. The molecule has 37 heavy (non-hydrogen) atoms. The van der Waals surface area contributed by atoms with Crippen LogP contribution in [0, 0.1) is 6.92 Å². The fourth-order valence-corrected chi connectivity index (χ4v) is 6.21. The van der Waals surface area contributed by atoms with E-state index in [0.717, 1.165) is 21.0 Å². The number of benzene rings is 3. The standard InChI is InChI=1S/C29H31FN2O4S/c1-21-8-14-25(15-9-21)37(35,36)32-26-7-3-2-6-24(26)19-28(33)27(32)20-29(34)31-18-16-23-12-10-22(11-13-23)5-4-17-30/h2-3,6-15,27H,4-5,16-20H2,1H3,(H,31,34)/t27-/m1/s1. The summed E-state index contributed by atoms with van der Waals surface area (Å²) in [5.74, 6) is -0.699. The number of ketones is 1. The molecular formula is C29H31FN2O4S. The number of halogens is 1. The molecule has 6 nitrogen and oxygen atoms in total. The molecular weight excluding hydrogens is 491 g/mol. The van der Waals surface area contributed by atoms with Gasteiger partial charge in [0.05, 0.1) is 23.7 Å². The molecule has 4 rings (SSSR count). The number of carbonyl (C=O) groups excluding carboxylic acids is 2. The topological polar surface area (TPSA) is 83.6 Å². The highest BCUT2D eigenvalue weighted by atomic mass is 32.2. The number of nitrogens with one attached hydrogen (secondary N) is 1. The van der Waals surface area contributed by atoms with Gasteiger partial charge in [0.2, 0.25) is 5.91 Å². The minimum absolute atomic E-state index is 0.0722. The predicted molar refractivity (Wildman–Crippen MR) is 142 cm³/mol. The molecule has 194 valence electrons. The Labute approximate surface area is 217 Å². The Bertz CT molecular complexity index is 1360. The molecule has 0 unspecified atom stereocenters. The van der Waals surface area contributed by atoms with E-state index in [1.54, 1.807) is 36.4 Å². The quantitative estimate of drug-likeness (QED) is 0.430. The first-order chi connectivity index (χ1) is 17.8. The molecule has 1 amide bonds. The Morgan fingerprint density at radius 1 is 0.973 bits per heavy atom. The number of fused-ring (bicyclic) bond motifs is 1. The van der Waals surface area contributed by atoms with Crippen LogP contribution in [0.5, 0.6) is 0 Å². The van der Waals surface area contributed by atoms with Crippen molar-refractivity contribution in [1.82, 2.24) is 5.32 Å². The van der Waals surface area contributed by atoms with E-state index < -0.39 is 16.1 Å². The largest absolute Gasteiger partial charge is 0.356 e. The van der Waals surface area contributed by atoms with Gasteiger partial charge in [-0.15, -0.1) is 0 Å². The van der Waals surface area contributed by atoms with Crippen molar-refractivity contribution in [1.29, 1.82) is 0 Å². The number of Topliss-reactive ketones (excluding diaryl/α,β-unsaturated/α-hetero) is 1. The van der Waals surface area contributed by atoms with E-state index in [1.165, 1.54) is 12.1 Å². The lowest BCUT2D eigenvalue weighted by Crippen LogP contribution is -2.51. The number of rotatable bonds is 10. The van der Waals surface area contributed by atoms with Crippen molar-refractivity contribution in [2.45, 2.75) is 50.0 Å². The van der Waals surface area contributed by atoms with E-state index in [2.05, 4.69) is 5.32 Å². The molecule has 0 bridgehead atoms. The average Bonchev–Trinajstić information content (AvgIpc) is 2.88. The minimum Gasteiger partial charge on any atom is -0.356 e. The van der Waals surface area contributed by atoms with Crippen molar-refractivity contribution in [3.63, 3.8) is 0 Å². The SMILES string of the molecule is Cc1ccc(S(=O)(=O)N2c3ccccc3CC(=O)[C@H]2CC(=O)NCCc2ccc(CCCF)cc2)cc1. The van der Waals surface area contributed by atoms with Crippen LogP contribution in [0.1, 0.15) is 35.1 Å². The average molecular weight is 523 g/mol. The third kappa shape index (κ3) is 6.25. The first kappa shape index (κ1) is 26.5. The van der Waals surface area contributed by atoms with Crippen molar-refractivity contribution < 1.29 is 22.4 Å². The minimum atomic E-state index is -4.09. The van der Waals surface area contributed by atoms with Gasteiger partial charge in [-0.1, -0.05) is 60.2 Å². The molecule has 8 heteroatoms. The van der Waals surface area contributed by atoms with Crippen LogP contribution in [0.3, 0.4) is 0 Å². The van der Waals surface area contributed by atoms with E-state index in [-0.39, 0.29) is 36.1 Å². The lowest BCUT2D eigenvalue weighted by molar-refractivity contribution is -0.126. The number of amides is 1. The number of anilines is 1. The van der Waals surface area contributed by atoms with Gasteiger partial charge in [0.15, 0.2) is 5.78 Å². The maximum atomic E-state index is 13.7. The lowest BCUT2D eigenvalue weighted by Gasteiger charge is -2.36. The normalized spacial score (nSPS) is 15.4. The zero-order valence-electron chi connectivity index (χ0n) is 20.8. The highest BCUT2D eigenvalue weighted by Gasteiger charge is 2.41. The van der Waals surface area contributed by atoms with Gasteiger partial charge in [-0.2, -0.15) is 0 Å². The van der Waals surface area contributed by atoms with Gasteiger partial charge < -0.3 is 5.32 Å². The van der Waals surface area contributed by atoms with E-state index in [4.69, 9.17) is 0 Å². The number of aryl methyl sites for hydroxylation is 2. The zero-order chi connectivity index (χ0) is 26.4. The molecule has 0 fully saturated rings. The molecule has 1 aliphatic heterocycles. The fourth-order valence-electron chi connectivity index (χ4n) is 4.53. The summed E-state index contributed by atoms with van der Waals surface area (Å²) in [6.45, 7) is 1.88. The third-order valence-corrected chi connectivity index (χ3v) is 8.40. The Morgan fingerprint density at radius 3 is 2.30 bits per heavy atom. The Balaban J connectivity index is 1.48. The second-order valence-corrected chi connectivity index (χ2v) is 11.1. The van der Waals surface area contributed by atoms with Crippen LogP contribution >= 0.6 is 0 Å². The Kier molecular flexibility index (Phi) is 8.38. The van der Waals surface area contributed by atoms with Gasteiger partial charge >= 0.3 is 0 Å². The summed E-state index contributed by atoms with van der Waals surface area (Å²) >= 11 is 0. The summed E-state index contributed by atoms with van der Waals surface area (Å²) in [6.07, 6.45) is 1.58. The van der Waals surface area contributed by atoms with E-state index in [1.807, 2.05) is 31.2 Å². The summed E-state index contributed by atoms with van der Waals surface area (Å²) in [4.78, 5) is 26.1. The number of carbonyl (C=O) groups is 2. The van der Waals surface area contributed by atoms with Crippen LogP contribution < -0.4 is 9.62 Å². The second kappa shape index (κ2) is 11.7. The van der Waals surface area contributed by atoms with Crippen molar-refractivity contribution in [2.75, 3.05) is 17.5 Å². The van der Waals surface area contributed by atoms with Gasteiger partial charge in [-0.05, 0) is 61.1 Å². The monoisotopic (exact) mass is 522 g/mol. The Morgan fingerprint density at radius 2 is 1.62 bits per heavy atom. The van der Waals surface area contributed by atoms with E-state index in [0.29, 0.717) is 37.1 Å². The molecule has 0 aromatic heterocycles. The van der Waals surface area contributed by atoms with Gasteiger partial charge in [-0.25, -0.2) is 8.42 Å². The maximum absolute atomic E-state index is 13.7. The van der Waals surface area contributed by atoms with Crippen LogP contribution in [0.25, 0.3) is 0 Å². The number of hydrogen-bond donors (Lipinski definition) is 1. The van der Waals surface area contributed by atoms with Crippen LogP contribution in [0.4, 0.5) is 10.1 Å². The van der Waals surface area contributed by atoms with Crippen molar-refractivity contribution in [3.8, 4) is 0 Å². The molecule has 1 N–H and O–H groups in total. The zero-order valence-corrected chi connectivity index (χ0v) is 21.6. The molecule has 1 atom stereocenters. The number of sulfonamides is 1. The smallest absolute Gasteiger partial charge is 0.265 e. The van der Waals surface area contributed by atoms with E-state index >= 15 is 0 Å². The molecule has 3 aromatic rings. The van der Waals surface area contributed by atoms with Gasteiger partial charge in [-0.3, -0.25) is 18.3 Å². The molecule has 1 heterocycles. The van der Waals surface area contributed by atoms with E-state index in [9.17, 15) is 22.4 Å². The molecule has 0 aliphatic carbocycles. The second-order valence-electron chi connectivity index (χ2n) is 9.31. The highest BCUT2D eigenvalue weighted by molar-refractivity contribution is 7.93. The van der Waals surface area contributed by atoms with Crippen molar-refractivity contribution >= 4 is 27.4 Å². The molecule has 3 aromatic carbocycles. The molecule has 0 saturated carbocycles. The summed E-state index contributed by atoms with van der Waals surface area (Å²) in [7, 11) is -4.09. The van der Waals surface area contributed by atoms with Crippen LogP contribution in [0.2, 0.25) is 0 Å². The van der Waals surface area contributed by atoms with Crippen molar-refractivity contribution in [2.24, 2.45) is 0 Å². The number of para-hydroxylation sites is 1. The van der Waals surface area contributed by atoms with Crippen LogP contribution in [0.15, 0.2) is 77.7 Å². The highest BCUT2D eigenvalue weighted by Crippen LogP contribution is 2.35. The molecule has 0 spiro atoms. The summed E-state index contributed by atoms with van der Waals surface area (Å²) in [5, 5.41) is 2.83.